The van der Waals surface area contributed by atoms with E-state index in [1.54, 1.807) is 0 Å². The fraction of sp³-hybridized carbons (Fsp3) is 0.571. The van der Waals surface area contributed by atoms with Crippen molar-refractivity contribution in [1.29, 1.82) is 0 Å². The summed E-state index contributed by atoms with van der Waals surface area (Å²) in [5.74, 6) is 0. The van der Waals surface area contributed by atoms with E-state index in [9.17, 15) is 5.11 Å². The number of hydrogen-bond acceptors (Lipinski definition) is 3. The standard InChI is InChI=1S/C14H21BrN2O/c1-10-6-12(4-5-13(10)15)17-9-14(3,18)8-16-7-11(17)2/h4-6,11,16,18H,7-9H2,1-3H3. The first-order valence-electron chi connectivity index (χ1n) is 6.35. The fourth-order valence-electron chi connectivity index (χ4n) is 2.39. The van der Waals surface area contributed by atoms with Crippen LogP contribution in [0.2, 0.25) is 0 Å². The Balaban J connectivity index is 2.30. The van der Waals surface area contributed by atoms with Gasteiger partial charge in [0, 0.05) is 35.8 Å². The summed E-state index contributed by atoms with van der Waals surface area (Å²) in [5, 5.41) is 13.6. The van der Waals surface area contributed by atoms with E-state index >= 15 is 0 Å². The molecule has 3 nitrogen and oxygen atoms in total. The van der Waals surface area contributed by atoms with Gasteiger partial charge in [-0.15, -0.1) is 0 Å². The van der Waals surface area contributed by atoms with Gasteiger partial charge in [0.1, 0.15) is 0 Å². The van der Waals surface area contributed by atoms with Gasteiger partial charge >= 0.3 is 0 Å². The highest BCUT2D eigenvalue weighted by atomic mass is 79.9. The molecule has 1 aromatic carbocycles. The van der Waals surface area contributed by atoms with E-state index < -0.39 is 5.60 Å². The number of nitrogens with one attached hydrogen (secondary N) is 1. The topological polar surface area (TPSA) is 35.5 Å². The summed E-state index contributed by atoms with van der Waals surface area (Å²) in [6.07, 6.45) is 0. The second-order valence-electron chi connectivity index (χ2n) is 5.54. The summed E-state index contributed by atoms with van der Waals surface area (Å²) < 4.78 is 1.12. The number of nitrogens with zero attached hydrogens (tertiary/aromatic N) is 1. The average molecular weight is 313 g/mol. The summed E-state index contributed by atoms with van der Waals surface area (Å²) in [4.78, 5) is 2.28. The molecule has 0 spiro atoms. The third kappa shape index (κ3) is 3.05. The van der Waals surface area contributed by atoms with E-state index in [1.165, 1.54) is 11.3 Å². The molecule has 2 N–H and O–H groups in total. The van der Waals surface area contributed by atoms with Crippen molar-refractivity contribution >= 4 is 21.6 Å². The summed E-state index contributed by atoms with van der Waals surface area (Å²) in [6.45, 7) is 8.35. The molecule has 0 aliphatic carbocycles. The zero-order chi connectivity index (χ0) is 13.3. The highest BCUT2D eigenvalue weighted by molar-refractivity contribution is 9.10. The predicted octanol–water partition coefficient (Wildman–Crippen LogP) is 2.31. The third-order valence-electron chi connectivity index (χ3n) is 3.46. The molecule has 1 aliphatic heterocycles. The number of aliphatic hydroxyl groups is 1. The van der Waals surface area contributed by atoms with Crippen molar-refractivity contribution in [2.24, 2.45) is 0 Å². The van der Waals surface area contributed by atoms with Crippen LogP contribution in [0.15, 0.2) is 22.7 Å². The van der Waals surface area contributed by atoms with Crippen molar-refractivity contribution in [3.63, 3.8) is 0 Å². The van der Waals surface area contributed by atoms with Crippen LogP contribution >= 0.6 is 15.9 Å². The van der Waals surface area contributed by atoms with Gasteiger partial charge in [-0.1, -0.05) is 15.9 Å². The van der Waals surface area contributed by atoms with Gasteiger partial charge < -0.3 is 15.3 Å². The number of anilines is 1. The normalized spacial score (nSPS) is 29.2. The monoisotopic (exact) mass is 312 g/mol. The van der Waals surface area contributed by atoms with E-state index in [4.69, 9.17) is 0 Å². The van der Waals surface area contributed by atoms with Crippen LogP contribution in [0.3, 0.4) is 0 Å². The number of halogens is 1. The molecule has 1 saturated heterocycles. The Morgan fingerprint density at radius 3 is 2.89 bits per heavy atom. The van der Waals surface area contributed by atoms with Crippen molar-refractivity contribution in [3.8, 4) is 0 Å². The van der Waals surface area contributed by atoms with E-state index in [-0.39, 0.29) is 0 Å². The minimum absolute atomic E-state index is 0.375. The average Bonchev–Trinajstić information content (AvgIpc) is 2.42. The van der Waals surface area contributed by atoms with E-state index in [1.807, 2.05) is 6.92 Å². The number of aryl methyl sites for hydroxylation is 1. The van der Waals surface area contributed by atoms with Crippen LogP contribution in [0.25, 0.3) is 0 Å². The van der Waals surface area contributed by atoms with Crippen LogP contribution in [-0.2, 0) is 0 Å². The molecule has 100 valence electrons. The minimum atomic E-state index is -0.689. The maximum absolute atomic E-state index is 10.3. The molecule has 4 heteroatoms. The molecule has 2 rings (SSSR count). The Morgan fingerprint density at radius 2 is 2.22 bits per heavy atom. The van der Waals surface area contributed by atoms with E-state index in [0.717, 1.165) is 11.0 Å². The van der Waals surface area contributed by atoms with E-state index in [2.05, 4.69) is 58.2 Å². The first kappa shape index (κ1) is 13.8. The summed E-state index contributed by atoms with van der Waals surface area (Å²) in [6, 6.07) is 6.72. The smallest absolute Gasteiger partial charge is 0.0917 e. The Morgan fingerprint density at radius 1 is 1.50 bits per heavy atom. The Kier molecular flexibility index (Phi) is 3.99. The lowest BCUT2D eigenvalue weighted by atomic mass is 10.1. The lowest BCUT2D eigenvalue weighted by Gasteiger charge is -2.33. The van der Waals surface area contributed by atoms with Crippen molar-refractivity contribution < 1.29 is 5.11 Å². The zero-order valence-electron chi connectivity index (χ0n) is 11.2. The van der Waals surface area contributed by atoms with E-state index in [0.29, 0.717) is 19.1 Å². The maximum atomic E-state index is 10.3. The molecule has 0 radical (unpaired) electrons. The number of β-amino-alcohol motifs (C(OH)–C–C–N with tert-alkyl or cyclic N) is 1. The Hall–Kier alpha value is -0.580. The number of hydrogen-bond donors (Lipinski definition) is 2. The molecular formula is C14H21BrN2O. The summed E-state index contributed by atoms with van der Waals surface area (Å²) >= 11 is 3.53. The van der Waals surface area contributed by atoms with Gasteiger partial charge in [0.2, 0.25) is 0 Å². The Bertz CT molecular complexity index is 434. The molecule has 1 fully saturated rings. The van der Waals surface area contributed by atoms with Crippen LogP contribution < -0.4 is 10.2 Å². The molecular weight excluding hydrogens is 292 g/mol. The van der Waals surface area contributed by atoms with Gasteiger partial charge in [-0.2, -0.15) is 0 Å². The second-order valence-corrected chi connectivity index (χ2v) is 6.39. The van der Waals surface area contributed by atoms with Gasteiger partial charge in [0.05, 0.1) is 5.60 Å². The van der Waals surface area contributed by atoms with Gasteiger partial charge in [-0.25, -0.2) is 0 Å². The molecule has 2 unspecified atom stereocenters. The number of rotatable bonds is 1. The lowest BCUT2D eigenvalue weighted by Crippen LogP contribution is -2.45. The van der Waals surface area contributed by atoms with Gasteiger partial charge in [-0.05, 0) is 44.5 Å². The molecule has 1 aromatic rings. The quantitative estimate of drug-likeness (QED) is 0.835. The van der Waals surface area contributed by atoms with Crippen LogP contribution in [0.4, 0.5) is 5.69 Å². The molecule has 1 aliphatic rings. The predicted molar refractivity (Wildman–Crippen MR) is 79.2 cm³/mol. The van der Waals surface area contributed by atoms with Crippen molar-refractivity contribution in [1.82, 2.24) is 5.32 Å². The second kappa shape index (κ2) is 5.19. The molecule has 1 heterocycles. The minimum Gasteiger partial charge on any atom is -0.387 e. The van der Waals surface area contributed by atoms with Crippen LogP contribution in [0.5, 0.6) is 0 Å². The maximum Gasteiger partial charge on any atom is 0.0917 e. The highest BCUT2D eigenvalue weighted by Crippen LogP contribution is 2.26. The fourth-order valence-corrected chi connectivity index (χ4v) is 2.64. The van der Waals surface area contributed by atoms with Gasteiger partial charge in [0.15, 0.2) is 0 Å². The van der Waals surface area contributed by atoms with Crippen molar-refractivity contribution in [2.45, 2.75) is 32.4 Å². The highest BCUT2D eigenvalue weighted by Gasteiger charge is 2.30. The van der Waals surface area contributed by atoms with Crippen LogP contribution in [-0.4, -0.2) is 36.4 Å². The zero-order valence-corrected chi connectivity index (χ0v) is 12.8. The largest absolute Gasteiger partial charge is 0.387 e. The molecule has 2 atom stereocenters. The SMILES string of the molecule is Cc1cc(N2CC(C)(O)CNCC2C)ccc1Br. The first-order chi connectivity index (χ1) is 8.39. The molecule has 0 amide bonds. The molecule has 18 heavy (non-hydrogen) atoms. The molecule has 0 saturated carbocycles. The summed E-state index contributed by atoms with van der Waals surface area (Å²) in [7, 11) is 0. The Labute approximate surface area is 117 Å². The van der Waals surface area contributed by atoms with Crippen LogP contribution in [0, 0.1) is 6.92 Å². The van der Waals surface area contributed by atoms with Crippen molar-refractivity contribution in [3.05, 3.63) is 28.2 Å². The van der Waals surface area contributed by atoms with Crippen molar-refractivity contribution in [2.75, 3.05) is 24.5 Å². The molecule has 0 bridgehead atoms. The van der Waals surface area contributed by atoms with Gasteiger partial charge in [-0.3, -0.25) is 0 Å². The first-order valence-corrected chi connectivity index (χ1v) is 7.14. The third-order valence-corrected chi connectivity index (χ3v) is 4.35. The lowest BCUT2D eigenvalue weighted by molar-refractivity contribution is 0.0726. The van der Waals surface area contributed by atoms with Crippen LogP contribution in [0.1, 0.15) is 19.4 Å². The molecule has 0 aromatic heterocycles. The number of benzene rings is 1. The van der Waals surface area contributed by atoms with Gasteiger partial charge in [0.25, 0.3) is 0 Å². The summed E-state index contributed by atoms with van der Waals surface area (Å²) in [5.41, 5.74) is 1.70.